The molecular weight excluding hydrogens is 285 g/mol. The van der Waals surface area contributed by atoms with Gasteiger partial charge in [0.05, 0.1) is 17.8 Å². The molecule has 0 aromatic carbocycles. The maximum absolute atomic E-state index is 11.2. The quantitative estimate of drug-likeness (QED) is 0.612. The molecule has 0 saturated carbocycles. The lowest BCUT2D eigenvalue weighted by Gasteiger charge is -2.05. The van der Waals surface area contributed by atoms with Gasteiger partial charge in [0.2, 0.25) is 0 Å². The zero-order chi connectivity index (χ0) is 9.84. The number of ether oxygens (including phenoxy) is 2. The molecule has 4 nitrogen and oxygen atoms in total. The molecule has 0 saturated heterocycles. The van der Waals surface area contributed by atoms with Crippen LogP contribution < -0.4 is 4.74 Å². The average molecular weight is 293 g/mol. The Labute approximate surface area is 89.4 Å². The van der Waals surface area contributed by atoms with Crippen LogP contribution in [0.1, 0.15) is 10.5 Å². The molecule has 0 amide bonds. The van der Waals surface area contributed by atoms with E-state index in [1.165, 1.54) is 13.3 Å². The predicted octanol–water partition coefficient (Wildman–Crippen LogP) is 1.48. The van der Waals surface area contributed by atoms with Gasteiger partial charge in [0.15, 0.2) is 5.69 Å². The monoisotopic (exact) mass is 293 g/mol. The van der Waals surface area contributed by atoms with Crippen LogP contribution in [-0.2, 0) is 4.74 Å². The highest BCUT2D eigenvalue weighted by molar-refractivity contribution is 14.1. The molecule has 0 N–H and O–H groups in total. The number of esters is 1. The van der Waals surface area contributed by atoms with E-state index in [1.807, 2.05) is 22.6 Å². The van der Waals surface area contributed by atoms with E-state index in [2.05, 4.69) is 9.72 Å². The van der Waals surface area contributed by atoms with Crippen molar-refractivity contribution in [1.29, 1.82) is 0 Å². The number of halogens is 1. The highest BCUT2D eigenvalue weighted by Crippen LogP contribution is 2.22. The number of hydrogen-bond acceptors (Lipinski definition) is 4. The second-order valence-corrected chi connectivity index (χ2v) is 3.25. The third kappa shape index (κ3) is 2.09. The van der Waals surface area contributed by atoms with Crippen LogP contribution in [0.15, 0.2) is 12.3 Å². The molecule has 0 unspecified atom stereocenters. The van der Waals surface area contributed by atoms with E-state index in [-0.39, 0.29) is 5.69 Å². The second kappa shape index (κ2) is 4.40. The first-order chi connectivity index (χ1) is 6.20. The van der Waals surface area contributed by atoms with Gasteiger partial charge in [-0.1, -0.05) is 0 Å². The maximum Gasteiger partial charge on any atom is 0.357 e. The van der Waals surface area contributed by atoms with Crippen molar-refractivity contribution in [3.8, 4) is 5.75 Å². The molecule has 0 fully saturated rings. The molecule has 5 heteroatoms. The summed E-state index contributed by atoms with van der Waals surface area (Å²) in [5.41, 5.74) is 0.280. The fourth-order valence-corrected chi connectivity index (χ4v) is 1.58. The van der Waals surface area contributed by atoms with Gasteiger partial charge in [-0.3, -0.25) is 0 Å². The standard InChI is InChI=1S/C8H8INO3/c1-12-5-3-4-10-7(6(5)9)8(11)13-2/h3-4H,1-2H3. The van der Waals surface area contributed by atoms with Crippen LogP contribution in [-0.4, -0.2) is 25.2 Å². The zero-order valence-corrected chi connectivity index (χ0v) is 9.36. The summed E-state index contributed by atoms with van der Waals surface area (Å²) in [5.74, 6) is 0.166. The van der Waals surface area contributed by atoms with Gasteiger partial charge in [-0.15, -0.1) is 0 Å². The summed E-state index contributed by atoms with van der Waals surface area (Å²) in [6.45, 7) is 0. The van der Waals surface area contributed by atoms with Crippen LogP contribution in [0.25, 0.3) is 0 Å². The predicted molar refractivity (Wildman–Crippen MR) is 54.8 cm³/mol. The topological polar surface area (TPSA) is 48.4 Å². The average Bonchev–Trinajstić information content (AvgIpc) is 2.17. The summed E-state index contributed by atoms with van der Waals surface area (Å²) in [5, 5.41) is 0. The number of pyridine rings is 1. The fraction of sp³-hybridized carbons (Fsp3) is 0.250. The van der Waals surface area contributed by atoms with E-state index in [0.29, 0.717) is 9.32 Å². The van der Waals surface area contributed by atoms with Gasteiger partial charge in [0, 0.05) is 6.20 Å². The van der Waals surface area contributed by atoms with Gasteiger partial charge in [-0.25, -0.2) is 9.78 Å². The molecule has 0 spiro atoms. The van der Waals surface area contributed by atoms with Gasteiger partial charge in [-0.05, 0) is 28.7 Å². The fourth-order valence-electron chi connectivity index (χ4n) is 0.823. The lowest BCUT2D eigenvalue weighted by atomic mass is 10.3. The summed E-state index contributed by atoms with van der Waals surface area (Å²) in [7, 11) is 2.86. The molecule has 70 valence electrons. The van der Waals surface area contributed by atoms with E-state index in [9.17, 15) is 4.79 Å². The van der Waals surface area contributed by atoms with Crippen molar-refractivity contribution in [1.82, 2.24) is 4.98 Å². The van der Waals surface area contributed by atoms with E-state index in [4.69, 9.17) is 4.74 Å². The Morgan fingerprint density at radius 2 is 2.23 bits per heavy atom. The second-order valence-electron chi connectivity index (χ2n) is 2.17. The van der Waals surface area contributed by atoms with E-state index in [0.717, 1.165) is 0 Å². The SMILES string of the molecule is COC(=O)c1nccc(OC)c1I. The van der Waals surface area contributed by atoms with Crippen LogP contribution >= 0.6 is 22.6 Å². The van der Waals surface area contributed by atoms with Crippen molar-refractivity contribution in [3.63, 3.8) is 0 Å². The first kappa shape index (κ1) is 10.2. The molecule has 13 heavy (non-hydrogen) atoms. The molecule has 1 rings (SSSR count). The minimum Gasteiger partial charge on any atom is -0.496 e. The van der Waals surface area contributed by atoms with Gasteiger partial charge >= 0.3 is 5.97 Å². The lowest BCUT2D eigenvalue weighted by molar-refractivity contribution is 0.0592. The van der Waals surface area contributed by atoms with E-state index in [1.54, 1.807) is 13.2 Å². The maximum atomic E-state index is 11.2. The Hall–Kier alpha value is -0.850. The zero-order valence-electron chi connectivity index (χ0n) is 7.20. The molecule has 1 aromatic heterocycles. The normalized spacial score (nSPS) is 9.46. The van der Waals surface area contributed by atoms with Crippen molar-refractivity contribution < 1.29 is 14.3 Å². The smallest absolute Gasteiger partial charge is 0.357 e. The summed E-state index contributed by atoms with van der Waals surface area (Å²) in [6, 6.07) is 1.69. The number of hydrogen-bond donors (Lipinski definition) is 0. The Kier molecular flexibility index (Phi) is 3.47. The first-order valence-corrected chi connectivity index (χ1v) is 4.55. The van der Waals surface area contributed by atoms with Crippen molar-refractivity contribution in [2.24, 2.45) is 0 Å². The number of rotatable bonds is 2. The number of nitrogens with zero attached hydrogens (tertiary/aromatic N) is 1. The van der Waals surface area contributed by atoms with Gasteiger partial charge in [-0.2, -0.15) is 0 Å². The molecule has 0 aliphatic rings. The lowest BCUT2D eigenvalue weighted by Crippen LogP contribution is -2.07. The van der Waals surface area contributed by atoms with Gasteiger partial charge in [0.25, 0.3) is 0 Å². The summed E-state index contributed by atoms with van der Waals surface area (Å²) < 4.78 is 10.2. The molecule has 1 aromatic rings. The van der Waals surface area contributed by atoms with Gasteiger partial charge in [0.1, 0.15) is 5.75 Å². The molecule has 1 heterocycles. The number of aromatic nitrogens is 1. The van der Waals surface area contributed by atoms with Crippen LogP contribution in [0.3, 0.4) is 0 Å². The van der Waals surface area contributed by atoms with Crippen molar-refractivity contribution in [3.05, 3.63) is 21.5 Å². The van der Waals surface area contributed by atoms with E-state index >= 15 is 0 Å². The summed E-state index contributed by atoms with van der Waals surface area (Å²) in [4.78, 5) is 15.1. The Balaban J connectivity index is 3.15. The highest BCUT2D eigenvalue weighted by atomic mass is 127. The number of methoxy groups -OCH3 is 2. The third-order valence-corrected chi connectivity index (χ3v) is 2.49. The van der Waals surface area contributed by atoms with Crippen molar-refractivity contribution in [2.45, 2.75) is 0 Å². The van der Waals surface area contributed by atoms with Crippen LogP contribution in [0.4, 0.5) is 0 Å². The van der Waals surface area contributed by atoms with Crippen LogP contribution in [0.2, 0.25) is 0 Å². The molecule has 0 atom stereocenters. The van der Waals surface area contributed by atoms with Crippen molar-refractivity contribution >= 4 is 28.6 Å². The summed E-state index contributed by atoms with van der Waals surface area (Å²) >= 11 is 1.99. The van der Waals surface area contributed by atoms with Crippen LogP contribution in [0.5, 0.6) is 5.75 Å². The van der Waals surface area contributed by atoms with Crippen molar-refractivity contribution in [2.75, 3.05) is 14.2 Å². The molecule has 0 bridgehead atoms. The Morgan fingerprint density at radius 1 is 1.54 bits per heavy atom. The Bertz CT molecular complexity index is 327. The molecule has 0 aliphatic heterocycles. The molecule has 0 radical (unpaired) electrons. The highest BCUT2D eigenvalue weighted by Gasteiger charge is 2.14. The van der Waals surface area contributed by atoms with Crippen LogP contribution in [0, 0.1) is 3.57 Å². The number of carbonyl (C=O) groups is 1. The Morgan fingerprint density at radius 3 is 2.77 bits per heavy atom. The number of carbonyl (C=O) groups excluding carboxylic acids is 1. The molecular formula is C8H8INO3. The summed E-state index contributed by atoms with van der Waals surface area (Å²) in [6.07, 6.45) is 1.51. The largest absolute Gasteiger partial charge is 0.496 e. The third-order valence-electron chi connectivity index (χ3n) is 1.45. The molecule has 0 aliphatic carbocycles. The first-order valence-electron chi connectivity index (χ1n) is 3.47. The minimum absolute atomic E-state index is 0.280. The minimum atomic E-state index is -0.455. The van der Waals surface area contributed by atoms with Gasteiger partial charge < -0.3 is 9.47 Å². The van der Waals surface area contributed by atoms with E-state index < -0.39 is 5.97 Å².